The number of hydrogen-bond acceptors (Lipinski definition) is 4. The number of nitrogens with two attached hydrogens (primary N) is 1. The predicted molar refractivity (Wildman–Crippen MR) is 103 cm³/mol. The largest absolute Gasteiger partial charge is 0.454 e. The highest BCUT2D eigenvalue weighted by atomic mass is 79.9. The summed E-state index contributed by atoms with van der Waals surface area (Å²) in [6.45, 7) is 1.72. The average Bonchev–Trinajstić information content (AvgIpc) is 3.08. The van der Waals surface area contributed by atoms with Crippen LogP contribution in [0.3, 0.4) is 0 Å². The van der Waals surface area contributed by atoms with Gasteiger partial charge in [0.05, 0.1) is 4.47 Å². The molecular weight excluding hydrogens is 408 g/mol. The predicted octanol–water partition coefficient (Wildman–Crippen LogP) is 3.24. The van der Waals surface area contributed by atoms with Crippen LogP contribution in [0.4, 0.5) is 0 Å². The highest BCUT2D eigenvalue weighted by molar-refractivity contribution is 9.10. The topological polar surface area (TPSA) is 64.8 Å². The fraction of sp³-hybridized carbons (Fsp3) is 0.278. The van der Waals surface area contributed by atoms with E-state index < -0.39 is 0 Å². The number of fused-ring (bicyclic) bond motifs is 1. The number of hydrogen-bond donors (Lipinski definition) is 1. The Hall–Kier alpha value is -1.76. The number of carbonyl (C=O) groups excluding carboxylic acids is 1. The summed E-state index contributed by atoms with van der Waals surface area (Å²) in [5, 5.41) is 0. The van der Waals surface area contributed by atoms with E-state index in [9.17, 15) is 4.79 Å². The number of ether oxygens (including phenoxy) is 2. The SMILES string of the molecule is Cl.NCCN(CCc1ccccc1)C(=O)c1cc(Br)c2c(c1)OCO2. The summed E-state index contributed by atoms with van der Waals surface area (Å²) in [5.41, 5.74) is 7.44. The monoisotopic (exact) mass is 426 g/mol. The molecule has 0 aliphatic carbocycles. The molecule has 2 aromatic rings. The molecule has 0 bridgehead atoms. The second-order valence-corrected chi connectivity index (χ2v) is 6.36. The minimum atomic E-state index is -0.0598. The summed E-state index contributed by atoms with van der Waals surface area (Å²) in [6, 6.07) is 13.6. The lowest BCUT2D eigenvalue weighted by molar-refractivity contribution is 0.0761. The van der Waals surface area contributed by atoms with Crippen LogP contribution in [0, 0.1) is 0 Å². The molecule has 1 aliphatic heterocycles. The van der Waals surface area contributed by atoms with Crippen molar-refractivity contribution in [1.82, 2.24) is 4.90 Å². The summed E-state index contributed by atoms with van der Waals surface area (Å²) in [4.78, 5) is 14.6. The van der Waals surface area contributed by atoms with Crippen molar-refractivity contribution in [3.05, 3.63) is 58.1 Å². The zero-order valence-corrected chi connectivity index (χ0v) is 16.0. The first-order valence-electron chi connectivity index (χ1n) is 7.81. The van der Waals surface area contributed by atoms with Crippen molar-refractivity contribution >= 4 is 34.2 Å². The van der Waals surface area contributed by atoms with Crippen molar-refractivity contribution in [2.45, 2.75) is 6.42 Å². The van der Waals surface area contributed by atoms with Gasteiger partial charge in [0.15, 0.2) is 11.5 Å². The van der Waals surface area contributed by atoms with Gasteiger partial charge in [-0.1, -0.05) is 30.3 Å². The van der Waals surface area contributed by atoms with Crippen molar-refractivity contribution < 1.29 is 14.3 Å². The molecule has 2 aromatic carbocycles. The molecular formula is C18H20BrClN2O3. The Kier molecular flexibility index (Phi) is 7.11. The normalized spacial score (nSPS) is 11.8. The first-order chi connectivity index (χ1) is 11.7. The number of amides is 1. The second kappa shape index (κ2) is 9.08. The molecule has 2 N–H and O–H groups in total. The maximum absolute atomic E-state index is 12.9. The Labute approximate surface area is 161 Å². The van der Waals surface area contributed by atoms with E-state index >= 15 is 0 Å². The van der Waals surface area contributed by atoms with Gasteiger partial charge in [-0.25, -0.2) is 0 Å². The minimum Gasteiger partial charge on any atom is -0.454 e. The maximum Gasteiger partial charge on any atom is 0.254 e. The maximum atomic E-state index is 12.9. The van der Waals surface area contributed by atoms with Gasteiger partial charge in [-0.3, -0.25) is 4.79 Å². The fourth-order valence-corrected chi connectivity index (χ4v) is 3.21. The second-order valence-electron chi connectivity index (χ2n) is 5.51. The molecule has 0 spiro atoms. The van der Waals surface area contributed by atoms with Gasteiger partial charge in [-0.15, -0.1) is 12.4 Å². The highest BCUT2D eigenvalue weighted by Crippen LogP contribution is 2.40. The molecule has 7 heteroatoms. The van der Waals surface area contributed by atoms with E-state index in [1.165, 1.54) is 5.56 Å². The summed E-state index contributed by atoms with van der Waals surface area (Å²) in [5.74, 6) is 1.17. The Morgan fingerprint density at radius 3 is 2.64 bits per heavy atom. The first kappa shape index (κ1) is 19.6. The Morgan fingerprint density at radius 2 is 1.92 bits per heavy atom. The van der Waals surface area contributed by atoms with Gasteiger partial charge in [0.2, 0.25) is 6.79 Å². The quantitative estimate of drug-likeness (QED) is 0.768. The van der Waals surface area contributed by atoms with Crippen LogP contribution in [0.5, 0.6) is 11.5 Å². The van der Waals surface area contributed by atoms with Crippen LogP contribution in [0.15, 0.2) is 46.9 Å². The third-order valence-corrected chi connectivity index (χ3v) is 4.46. The number of carbonyl (C=O) groups is 1. The molecule has 1 amide bonds. The van der Waals surface area contributed by atoms with Gasteiger partial charge < -0.3 is 20.1 Å². The zero-order chi connectivity index (χ0) is 16.9. The van der Waals surface area contributed by atoms with Crippen molar-refractivity contribution in [1.29, 1.82) is 0 Å². The average molecular weight is 428 g/mol. The molecule has 0 atom stereocenters. The standard InChI is InChI=1S/C18H19BrN2O3.ClH/c19-15-10-14(11-16-17(15)24-12-23-16)18(22)21(9-7-20)8-6-13-4-2-1-3-5-13;/h1-5,10-11H,6-9,12,20H2;1H. The lowest BCUT2D eigenvalue weighted by Crippen LogP contribution is -2.37. The van der Waals surface area contributed by atoms with E-state index in [4.69, 9.17) is 15.2 Å². The molecule has 0 saturated heterocycles. The van der Waals surface area contributed by atoms with Crippen molar-refractivity contribution in [3.8, 4) is 11.5 Å². The Bertz CT molecular complexity index is 728. The third kappa shape index (κ3) is 4.66. The lowest BCUT2D eigenvalue weighted by Gasteiger charge is -2.22. The van der Waals surface area contributed by atoms with Gasteiger partial charge in [0.1, 0.15) is 0 Å². The van der Waals surface area contributed by atoms with E-state index in [1.54, 1.807) is 17.0 Å². The van der Waals surface area contributed by atoms with Crippen LogP contribution in [0.1, 0.15) is 15.9 Å². The van der Waals surface area contributed by atoms with Crippen LogP contribution in [-0.4, -0.2) is 37.2 Å². The van der Waals surface area contributed by atoms with E-state index in [2.05, 4.69) is 28.1 Å². The van der Waals surface area contributed by atoms with Gasteiger partial charge in [0.25, 0.3) is 5.91 Å². The molecule has 5 nitrogen and oxygen atoms in total. The van der Waals surface area contributed by atoms with Gasteiger partial charge in [-0.05, 0) is 40.0 Å². The van der Waals surface area contributed by atoms with Crippen LogP contribution in [0.25, 0.3) is 0 Å². The van der Waals surface area contributed by atoms with Crippen molar-refractivity contribution in [2.24, 2.45) is 5.73 Å². The molecule has 0 aromatic heterocycles. The Morgan fingerprint density at radius 1 is 1.16 bits per heavy atom. The molecule has 0 radical (unpaired) electrons. The van der Waals surface area contributed by atoms with E-state index in [0.717, 1.165) is 10.9 Å². The van der Waals surface area contributed by atoms with Gasteiger partial charge >= 0.3 is 0 Å². The molecule has 1 heterocycles. The number of rotatable bonds is 6. The van der Waals surface area contributed by atoms with Crippen molar-refractivity contribution in [2.75, 3.05) is 26.4 Å². The molecule has 25 heavy (non-hydrogen) atoms. The zero-order valence-electron chi connectivity index (χ0n) is 13.6. The summed E-state index contributed by atoms with van der Waals surface area (Å²) < 4.78 is 11.5. The van der Waals surface area contributed by atoms with Crippen LogP contribution in [0.2, 0.25) is 0 Å². The lowest BCUT2D eigenvalue weighted by atomic mass is 10.1. The Balaban J connectivity index is 0.00000225. The summed E-state index contributed by atoms with van der Waals surface area (Å²) in [7, 11) is 0. The molecule has 0 fully saturated rings. The third-order valence-electron chi connectivity index (χ3n) is 3.87. The van der Waals surface area contributed by atoms with Crippen molar-refractivity contribution in [3.63, 3.8) is 0 Å². The van der Waals surface area contributed by atoms with Crippen LogP contribution < -0.4 is 15.2 Å². The number of benzene rings is 2. The smallest absolute Gasteiger partial charge is 0.254 e. The van der Waals surface area contributed by atoms with E-state index in [-0.39, 0.29) is 25.1 Å². The number of halogens is 2. The molecule has 134 valence electrons. The fourth-order valence-electron chi connectivity index (χ4n) is 2.65. The van der Waals surface area contributed by atoms with E-state index in [1.807, 2.05) is 18.2 Å². The van der Waals surface area contributed by atoms with Gasteiger partial charge in [-0.2, -0.15) is 0 Å². The van der Waals surface area contributed by atoms with E-state index in [0.29, 0.717) is 36.7 Å². The van der Waals surface area contributed by atoms with Crippen LogP contribution >= 0.6 is 28.3 Å². The molecule has 1 aliphatic rings. The number of nitrogens with zero attached hydrogens (tertiary/aromatic N) is 1. The van der Waals surface area contributed by atoms with Gasteiger partial charge in [0, 0.05) is 25.2 Å². The first-order valence-corrected chi connectivity index (χ1v) is 8.60. The molecule has 0 unspecified atom stereocenters. The van der Waals surface area contributed by atoms with Crippen LogP contribution in [-0.2, 0) is 6.42 Å². The minimum absolute atomic E-state index is 0. The summed E-state index contributed by atoms with van der Waals surface area (Å²) >= 11 is 3.43. The highest BCUT2D eigenvalue weighted by Gasteiger charge is 2.22. The molecule has 3 rings (SSSR count). The molecule has 0 saturated carbocycles. The summed E-state index contributed by atoms with van der Waals surface area (Å²) in [6.07, 6.45) is 0.790.